The fourth-order valence-corrected chi connectivity index (χ4v) is 0. The van der Waals surface area contributed by atoms with Crippen LogP contribution in [0.4, 0.5) is 0 Å². The summed E-state index contributed by atoms with van der Waals surface area (Å²) in [6, 6.07) is 0. The Kier molecular flexibility index (Phi) is 75.4. The Balaban J connectivity index is -0.0000000200. The van der Waals surface area contributed by atoms with Crippen LogP contribution in [0, 0.1) is 0 Å². The summed E-state index contributed by atoms with van der Waals surface area (Å²) in [4.78, 5) is 8.68. The molecule has 0 spiro atoms. The van der Waals surface area contributed by atoms with E-state index in [1.807, 2.05) is 0 Å². The number of hydrogen-bond donors (Lipinski definition) is 0. The van der Waals surface area contributed by atoms with Crippen LogP contribution in [0.1, 0.15) is 6.92 Å². The van der Waals surface area contributed by atoms with E-state index < -0.39 is 0 Å². The maximum atomic E-state index is 8.68. The summed E-state index contributed by atoms with van der Waals surface area (Å²) in [5.74, 6) is 0. The number of hydrogen-bond acceptors (Lipinski definition) is 1. The largest absolute Gasteiger partial charge is 1.00 e. The molecule has 0 unspecified atom stereocenters. The van der Waals surface area contributed by atoms with Gasteiger partial charge in [0, 0.05) is 8.41 Å². The molecule has 0 fully saturated rings. The molecule has 3 radical (unpaired) electrons. The predicted molar refractivity (Wildman–Crippen MR) is 17.1 cm³/mol. The monoisotopic (exact) mass is 77.0 g/mol. The Morgan fingerprint density at radius 3 is 1.60 bits per heavy atom. The molecule has 0 aromatic carbocycles. The van der Waals surface area contributed by atoms with E-state index in [4.69, 9.17) is 4.79 Å². The molecule has 0 aromatic rings. The third kappa shape index (κ3) is 65.6. The summed E-state index contributed by atoms with van der Waals surface area (Å²) in [7, 11) is 0. The first kappa shape index (κ1) is 17.2. The Hall–Kier alpha value is 0.735. The van der Waals surface area contributed by atoms with Gasteiger partial charge in [-0.2, -0.15) is 6.92 Å². The molecule has 0 aliphatic carbocycles. The average Bonchev–Trinajstić information content (AvgIpc) is 0.918. The van der Waals surface area contributed by atoms with E-state index in [2.05, 4.69) is 0 Å². The van der Waals surface area contributed by atoms with Crippen molar-refractivity contribution in [1.82, 2.24) is 0 Å². The van der Waals surface area contributed by atoms with Gasteiger partial charge in [0.2, 0.25) is 0 Å². The fourth-order valence-electron chi connectivity index (χ4n) is 0. The van der Waals surface area contributed by atoms with Gasteiger partial charge in [-0.1, -0.05) is 0 Å². The Morgan fingerprint density at radius 1 is 1.60 bits per heavy atom. The van der Waals surface area contributed by atoms with Crippen LogP contribution in [0.2, 0.25) is 0 Å². The zero-order valence-electron chi connectivity index (χ0n) is 3.49. The maximum Gasteiger partial charge on any atom is 1.00 e. The molecule has 0 aliphatic rings. The second-order valence-corrected chi connectivity index (χ2v) is 0.204. The summed E-state index contributed by atoms with van der Waals surface area (Å²) in [5.41, 5.74) is 0. The molecule has 21 valence electrons. The smallest absolute Gasteiger partial charge is 0.542 e. The third-order valence-corrected chi connectivity index (χ3v) is 0. The van der Waals surface area contributed by atoms with Gasteiger partial charge in [0.15, 0.2) is 0 Å². The molecule has 0 atom stereocenters. The third-order valence-electron chi connectivity index (χ3n) is 0. The Labute approximate surface area is 56.0 Å². The zero-order chi connectivity index (χ0) is 2.71. The van der Waals surface area contributed by atoms with Crippen LogP contribution >= 0.6 is 0 Å². The summed E-state index contributed by atoms with van der Waals surface area (Å²) >= 11 is 0. The van der Waals surface area contributed by atoms with Crippen molar-refractivity contribution in [2.45, 2.75) is 6.92 Å². The Morgan fingerprint density at radius 2 is 1.60 bits per heavy atom. The van der Waals surface area contributed by atoms with Crippen LogP contribution < -0.4 is 29.6 Å². The maximum absolute atomic E-state index is 8.68. The van der Waals surface area contributed by atoms with Crippen LogP contribution in [-0.4, -0.2) is 14.7 Å². The van der Waals surface area contributed by atoms with E-state index >= 15 is 0 Å². The van der Waals surface area contributed by atoms with Crippen LogP contribution in [-0.2, 0) is 4.79 Å². The predicted octanol–water partition coefficient (Wildman–Crippen LogP) is -3.26. The number of carbonyl (C=O) groups excluding carboxylic acids is 1. The van der Waals surface area contributed by atoms with Gasteiger partial charge < -0.3 is 4.79 Å². The van der Waals surface area contributed by atoms with E-state index in [9.17, 15) is 0 Å². The molecule has 0 saturated heterocycles. The van der Waals surface area contributed by atoms with Crippen LogP contribution in [0.25, 0.3) is 0 Å². The molecule has 5 heavy (non-hydrogen) atoms. The van der Waals surface area contributed by atoms with Crippen LogP contribution in [0.5, 0.6) is 0 Å². The minimum Gasteiger partial charge on any atom is -0.542 e. The van der Waals surface area contributed by atoms with E-state index in [0.717, 1.165) is 0 Å². The summed E-state index contributed by atoms with van der Waals surface area (Å²) in [5, 5.41) is 0. The number of rotatable bonds is 0. The van der Waals surface area contributed by atoms with Crippen LogP contribution in [0.3, 0.4) is 0 Å². The van der Waals surface area contributed by atoms with Crippen molar-refractivity contribution >= 4 is 14.7 Å². The van der Waals surface area contributed by atoms with Crippen LogP contribution in [0.15, 0.2) is 0 Å². The van der Waals surface area contributed by atoms with Gasteiger partial charge in [0.1, 0.15) is 0 Å². The first-order chi connectivity index (χ1) is 1.41. The van der Waals surface area contributed by atoms with Crippen molar-refractivity contribution in [3.8, 4) is 0 Å². The zero-order valence-corrected chi connectivity index (χ0v) is 5.49. The molecular weight excluding hydrogens is 73.8 g/mol. The van der Waals surface area contributed by atoms with Crippen molar-refractivity contribution < 1.29 is 34.4 Å². The molecule has 0 amide bonds. The van der Waals surface area contributed by atoms with Crippen molar-refractivity contribution in [3.63, 3.8) is 0 Å². The van der Waals surface area contributed by atoms with E-state index in [1.54, 1.807) is 0 Å². The van der Waals surface area contributed by atoms with E-state index in [0.29, 0.717) is 0 Å². The van der Waals surface area contributed by atoms with Crippen molar-refractivity contribution in [2.24, 2.45) is 0 Å². The summed E-state index contributed by atoms with van der Waals surface area (Å²) < 4.78 is 0. The molecular formula is C2H3BNaO. The van der Waals surface area contributed by atoms with Crippen molar-refractivity contribution in [2.75, 3.05) is 0 Å². The summed E-state index contributed by atoms with van der Waals surface area (Å²) in [6.07, 6.45) is 1.50. The molecule has 0 aliphatic heterocycles. The van der Waals surface area contributed by atoms with E-state index in [-0.39, 0.29) is 38.0 Å². The topological polar surface area (TPSA) is 17.1 Å². The van der Waals surface area contributed by atoms with Gasteiger partial charge in [-0.25, -0.2) is 0 Å². The fraction of sp³-hybridized carbons (Fsp3) is 0.500. The van der Waals surface area contributed by atoms with Gasteiger partial charge in [0.05, 0.1) is 0 Å². The van der Waals surface area contributed by atoms with Crippen molar-refractivity contribution in [1.29, 1.82) is 0 Å². The quantitative estimate of drug-likeness (QED) is 0.219. The molecule has 0 rings (SSSR count). The van der Waals surface area contributed by atoms with Gasteiger partial charge >= 0.3 is 29.6 Å². The van der Waals surface area contributed by atoms with Gasteiger partial charge in [-0.15, -0.1) is 0 Å². The van der Waals surface area contributed by atoms with Crippen molar-refractivity contribution in [3.05, 3.63) is 0 Å². The molecule has 0 bridgehead atoms. The second kappa shape index (κ2) is 21.9. The molecule has 0 saturated carbocycles. The molecule has 1 nitrogen and oxygen atoms in total. The molecule has 0 heterocycles. The average molecular weight is 76.8 g/mol. The minimum atomic E-state index is 0. The second-order valence-electron chi connectivity index (χ2n) is 0.204. The van der Waals surface area contributed by atoms with Gasteiger partial charge in [-0.05, 0) is 0 Å². The molecule has 0 N–H and O–H groups in total. The van der Waals surface area contributed by atoms with E-state index in [1.165, 1.54) is 13.2 Å². The van der Waals surface area contributed by atoms with Gasteiger partial charge in [0.25, 0.3) is 0 Å². The molecule has 3 heteroatoms. The summed E-state index contributed by atoms with van der Waals surface area (Å²) in [6.45, 7) is 1.32. The standard InChI is InChI=1S/C2H3O.B.Na/c1-2-3;;/h1H3;;/q-1;;+1. The molecule has 0 aromatic heterocycles. The minimum absolute atomic E-state index is 0. The van der Waals surface area contributed by atoms with Gasteiger partial charge in [-0.3, -0.25) is 6.29 Å². The SMILES string of the molecule is C[C-]=O.[B].[Na+]. The first-order valence-corrected chi connectivity index (χ1v) is 0.704. The first-order valence-electron chi connectivity index (χ1n) is 0.704. The Bertz CT molecular complexity index is 17.1. The normalized spacial score (nSPS) is 2.60.